The first-order valence-corrected chi connectivity index (χ1v) is 2.78. The summed E-state index contributed by atoms with van der Waals surface area (Å²) in [5.41, 5.74) is 0. The molecule has 9 heavy (non-hydrogen) atoms. The molecule has 0 spiro atoms. The first kappa shape index (κ1) is 16.3. The van der Waals surface area contributed by atoms with Crippen LogP contribution in [-0.2, 0) is 22.4 Å². The van der Waals surface area contributed by atoms with Crippen molar-refractivity contribution in [1.82, 2.24) is 0 Å². The molecule has 0 rings (SSSR count). The van der Waals surface area contributed by atoms with Crippen LogP contribution in [0.5, 0.6) is 0 Å². The van der Waals surface area contributed by atoms with Crippen molar-refractivity contribution in [3.8, 4) is 0 Å². The van der Waals surface area contributed by atoms with Gasteiger partial charge in [0, 0.05) is 0 Å². The first-order valence-electron chi connectivity index (χ1n) is 2.78. The smallest absolute Gasteiger partial charge is 0.852 e. The fourth-order valence-corrected chi connectivity index (χ4v) is 0. The molecule has 0 bridgehead atoms. The zero-order valence-corrected chi connectivity index (χ0v) is 9.63. The van der Waals surface area contributed by atoms with Gasteiger partial charge in [0.05, 0.1) is 0 Å². The maximum absolute atomic E-state index is 9.53. The summed E-state index contributed by atoms with van der Waals surface area (Å²) in [5.74, 6) is 0. The Kier molecular flexibility index (Phi) is 20.8. The fraction of sp³-hybridized carbons (Fsp3) is 1.00. The third-order valence-electron chi connectivity index (χ3n) is 0. The van der Waals surface area contributed by atoms with E-state index < -0.39 is 12.2 Å². The van der Waals surface area contributed by atoms with E-state index in [1.807, 2.05) is 0 Å². The monoisotopic (exact) mass is 299 g/mol. The van der Waals surface area contributed by atoms with Gasteiger partial charge >= 0.3 is 22.4 Å². The van der Waals surface area contributed by atoms with Crippen LogP contribution in [0.15, 0.2) is 0 Å². The molecule has 0 unspecified atom stereocenters. The normalized spacial score (nSPS) is 8.00. The fourth-order valence-electron chi connectivity index (χ4n) is 0. The van der Waals surface area contributed by atoms with Crippen LogP contribution in [-0.4, -0.2) is 12.2 Å². The second-order valence-corrected chi connectivity index (χ2v) is 2.10. The topological polar surface area (TPSA) is 46.1 Å². The SMILES string of the molecule is CC(C)[O-].CC(C)[O-].[Ta+2]. The van der Waals surface area contributed by atoms with E-state index in [0.29, 0.717) is 0 Å². The largest absolute Gasteiger partial charge is 2.00 e. The minimum atomic E-state index is -0.417. The van der Waals surface area contributed by atoms with Crippen LogP contribution in [0, 0.1) is 0 Å². The molecule has 0 aromatic heterocycles. The molecule has 2 nitrogen and oxygen atoms in total. The van der Waals surface area contributed by atoms with Crippen molar-refractivity contribution in [2.75, 3.05) is 0 Å². The van der Waals surface area contributed by atoms with Crippen molar-refractivity contribution in [2.45, 2.75) is 39.9 Å². The zero-order chi connectivity index (χ0) is 7.15. The van der Waals surface area contributed by atoms with Gasteiger partial charge in [-0.2, -0.15) is 0 Å². The zero-order valence-electron chi connectivity index (χ0n) is 6.42. The third-order valence-corrected chi connectivity index (χ3v) is 0. The summed E-state index contributed by atoms with van der Waals surface area (Å²) in [6, 6.07) is 0. The quantitative estimate of drug-likeness (QED) is 0.606. The van der Waals surface area contributed by atoms with Crippen molar-refractivity contribution in [3.05, 3.63) is 0 Å². The molecule has 0 fully saturated rings. The van der Waals surface area contributed by atoms with E-state index in [1.54, 1.807) is 27.7 Å². The summed E-state index contributed by atoms with van der Waals surface area (Å²) >= 11 is 0. The number of hydrogen-bond acceptors (Lipinski definition) is 2. The summed E-state index contributed by atoms with van der Waals surface area (Å²) in [6.45, 7) is 6.44. The summed E-state index contributed by atoms with van der Waals surface area (Å²) < 4.78 is 0. The van der Waals surface area contributed by atoms with Gasteiger partial charge in [-0.1, -0.05) is 27.7 Å². The van der Waals surface area contributed by atoms with Crippen molar-refractivity contribution in [1.29, 1.82) is 0 Å². The number of rotatable bonds is 0. The van der Waals surface area contributed by atoms with E-state index >= 15 is 0 Å². The third kappa shape index (κ3) is 881. The molecule has 0 N–H and O–H groups in total. The molecule has 0 heterocycles. The molecule has 0 aromatic rings. The number of hydrogen-bond donors (Lipinski definition) is 0. The molecule has 0 aliphatic carbocycles. The Morgan fingerprint density at radius 2 is 0.778 bits per heavy atom. The van der Waals surface area contributed by atoms with E-state index in [4.69, 9.17) is 0 Å². The van der Waals surface area contributed by atoms with Crippen molar-refractivity contribution < 1.29 is 32.6 Å². The Labute approximate surface area is 72.8 Å². The molecule has 0 aromatic carbocycles. The molecule has 0 atom stereocenters. The van der Waals surface area contributed by atoms with E-state index in [1.165, 1.54) is 0 Å². The van der Waals surface area contributed by atoms with E-state index in [-0.39, 0.29) is 22.4 Å². The van der Waals surface area contributed by atoms with Crippen LogP contribution in [0.4, 0.5) is 0 Å². The molecular weight excluding hydrogens is 285 g/mol. The van der Waals surface area contributed by atoms with Gasteiger partial charge in [-0.15, -0.1) is 12.2 Å². The summed E-state index contributed by atoms with van der Waals surface area (Å²) in [7, 11) is 0. The molecule has 0 saturated carbocycles. The standard InChI is InChI=1S/2C3H7O.Ta/c2*1-3(2)4;/h2*3H,1-2H3;/q2*-1;+2. The molecule has 1 radical (unpaired) electrons. The Hall–Kier alpha value is 0.660. The molecular formula is C6H14O2Ta. The minimum Gasteiger partial charge on any atom is -0.852 e. The Bertz CT molecular complexity index is 26.5. The van der Waals surface area contributed by atoms with E-state index in [0.717, 1.165) is 0 Å². The van der Waals surface area contributed by atoms with Crippen LogP contribution < -0.4 is 10.2 Å². The van der Waals surface area contributed by atoms with Gasteiger partial charge in [-0.3, -0.25) is 0 Å². The van der Waals surface area contributed by atoms with Gasteiger partial charge in [-0.25, -0.2) is 0 Å². The van der Waals surface area contributed by atoms with Gasteiger partial charge in [0.2, 0.25) is 0 Å². The summed E-state index contributed by atoms with van der Waals surface area (Å²) in [6.07, 6.45) is -0.833. The molecule has 0 saturated heterocycles. The first-order chi connectivity index (χ1) is 3.46. The second kappa shape index (κ2) is 11.5. The maximum atomic E-state index is 9.53. The van der Waals surface area contributed by atoms with Gasteiger partial charge in [-0.05, 0) is 0 Å². The van der Waals surface area contributed by atoms with Gasteiger partial charge in [0.15, 0.2) is 0 Å². The Balaban J connectivity index is -0.0000000720. The van der Waals surface area contributed by atoms with Crippen LogP contribution in [0.2, 0.25) is 0 Å². The Morgan fingerprint density at radius 1 is 0.778 bits per heavy atom. The van der Waals surface area contributed by atoms with E-state index in [9.17, 15) is 10.2 Å². The average molecular weight is 299 g/mol. The average Bonchev–Trinajstić information content (AvgIpc) is 1.25. The van der Waals surface area contributed by atoms with Crippen molar-refractivity contribution >= 4 is 0 Å². The minimum absolute atomic E-state index is 0. The van der Waals surface area contributed by atoms with Crippen LogP contribution >= 0.6 is 0 Å². The maximum Gasteiger partial charge on any atom is 2.00 e. The van der Waals surface area contributed by atoms with Gasteiger partial charge < -0.3 is 10.2 Å². The summed E-state index contributed by atoms with van der Waals surface area (Å²) in [4.78, 5) is 0. The molecule has 0 aliphatic rings. The predicted octanol–water partition coefficient (Wildman–Crippen LogP) is -0.492. The van der Waals surface area contributed by atoms with E-state index in [2.05, 4.69) is 0 Å². The van der Waals surface area contributed by atoms with Crippen LogP contribution in [0.1, 0.15) is 27.7 Å². The van der Waals surface area contributed by atoms with Crippen LogP contribution in [0.25, 0.3) is 0 Å². The summed E-state index contributed by atoms with van der Waals surface area (Å²) in [5, 5.41) is 19.1. The molecule has 0 aliphatic heterocycles. The van der Waals surface area contributed by atoms with Gasteiger partial charge in [0.25, 0.3) is 0 Å². The second-order valence-electron chi connectivity index (χ2n) is 2.10. The van der Waals surface area contributed by atoms with Gasteiger partial charge in [0.1, 0.15) is 0 Å². The van der Waals surface area contributed by atoms with Crippen molar-refractivity contribution in [2.24, 2.45) is 0 Å². The molecule has 0 amide bonds. The predicted molar refractivity (Wildman–Crippen MR) is 30.3 cm³/mol. The molecule has 55 valence electrons. The van der Waals surface area contributed by atoms with Crippen molar-refractivity contribution in [3.63, 3.8) is 0 Å². The van der Waals surface area contributed by atoms with Crippen LogP contribution in [0.3, 0.4) is 0 Å². The molecule has 3 heteroatoms. The Morgan fingerprint density at radius 3 is 0.778 bits per heavy atom.